The van der Waals surface area contributed by atoms with Crippen LogP contribution in [0.4, 0.5) is 0 Å². The fourth-order valence-corrected chi connectivity index (χ4v) is 3.20. The molecular weight excluding hydrogens is 314 g/mol. The van der Waals surface area contributed by atoms with Crippen molar-refractivity contribution in [1.29, 1.82) is 0 Å². The Hall–Kier alpha value is -0.540. The van der Waals surface area contributed by atoms with Crippen molar-refractivity contribution in [3.63, 3.8) is 0 Å². The molecule has 2 rings (SSSR count). The van der Waals surface area contributed by atoms with Gasteiger partial charge >= 0.3 is 0 Å². The number of hydrogen-bond donors (Lipinski definition) is 1. The van der Waals surface area contributed by atoms with Crippen LogP contribution in [0.3, 0.4) is 0 Å². The van der Waals surface area contributed by atoms with E-state index in [1.54, 1.807) is 7.11 Å². The van der Waals surface area contributed by atoms with E-state index in [1.165, 1.54) is 29.3 Å². The minimum absolute atomic E-state index is 0.561. The van der Waals surface area contributed by atoms with Crippen molar-refractivity contribution >= 4 is 15.9 Å². The van der Waals surface area contributed by atoms with Gasteiger partial charge in [0.15, 0.2) is 0 Å². The summed E-state index contributed by atoms with van der Waals surface area (Å²) in [7, 11) is 1.73. The molecule has 0 aromatic heterocycles. The normalized spacial score (nSPS) is 17.8. The van der Waals surface area contributed by atoms with E-state index in [9.17, 15) is 0 Å². The minimum atomic E-state index is 0.561. The molecule has 0 heterocycles. The highest BCUT2D eigenvalue weighted by atomic mass is 79.9. The molecule has 0 bridgehead atoms. The molecule has 112 valence electrons. The quantitative estimate of drug-likeness (QED) is 0.757. The predicted molar refractivity (Wildman–Crippen MR) is 88.4 cm³/mol. The maximum atomic E-state index is 5.35. The highest BCUT2D eigenvalue weighted by Gasteiger charge is 2.33. The Bertz CT molecular complexity index is 431. The van der Waals surface area contributed by atoms with E-state index in [-0.39, 0.29) is 0 Å². The summed E-state index contributed by atoms with van der Waals surface area (Å²) < 4.78 is 6.54. The zero-order chi connectivity index (χ0) is 14.5. The highest BCUT2D eigenvalue weighted by molar-refractivity contribution is 9.10. The lowest BCUT2D eigenvalue weighted by atomic mass is 9.91. The molecule has 1 aromatic carbocycles. The van der Waals surface area contributed by atoms with Crippen molar-refractivity contribution in [2.24, 2.45) is 11.8 Å². The first-order chi connectivity index (χ1) is 9.65. The average Bonchev–Trinajstić information content (AvgIpc) is 3.29. The van der Waals surface area contributed by atoms with Crippen molar-refractivity contribution in [2.75, 3.05) is 13.7 Å². The van der Waals surface area contributed by atoms with Gasteiger partial charge in [0.1, 0.15) is 5.75 Å². The topological polar surface area (TPSA) is 21.3 Å². The van der Waals surface area contributed by atoms with Crippen LogP contribution in [-0.4, -0.2) is 19.7 Å². The Morgan fingerprint density at radius 2 is 2.15 bits per heavy atom. The van der Waals surface area contributed by atoms with Gasteiger partial charge in [0.05, 0.1) is 7.11 Å². The molecule has 2 atom stereocenters. The fourth-order valence-electron chi connectivity index (χ4n) is 2.80. The number of nitrogens with one attached hydrogen (secondary N) is 1. The van der Waals surface area contributed by atoms with E-state index in [0.29, 0.717) is 6.04 Å². The van der Waals surface area contributed by atoms with Crippen LogP contribution in [0.15, 0.2) is 22.7 Å². The highest BCUT2D eigenvalue weighted by Crippen LogP contribution is 2.39. The Morgan fingerprint density at radius 3 is 2.75 bits per heavy atom. The van der Waals surface area contributed by atoms with Gasteiger partial charge in [-0.15, -0.1) is 0 Å². The van der Waals surface area contributed by atoms with Crippen LogP contribution in [-0.2, 0) is 6.42 Å². The van der Waals surface area contributed by atoms with Crippen LogP contribution in [0.1, 0.15) is 38.7 Å². The molecule has 0 saturated heterocycles. The molecule has 20 heavy (non-hydrogen) atoms. The smallest absolute Gasteiger partial charge is 0.119 e. The summed E-state index contributed by atoms with van der Waals surface area (Å²) in [4.78, 5) is 0. The standard InChI is InChI=1S/C17H26BrNO/c1-4-9-19-17(12(2)13-5-6-13)11-14-10-15(20-3)7-8-16(14)18/h7-8,10,12-13,17,19H,4-6,9,11H2,1-3H3. The Morgan fingerprint density at radius 1 is 1.40 bits per heavy atom. The molecule has 0 amide bonds. The van der Waals surface area contributed by atoms with E-state index >= 15 is 0 Å². The summed E-state index contributed by atoms with van der Waals surface area (Å²) >= 11 is 3.67. The van der Waals surface area contributed by atoms with Crippen LogP contribution in [0.25, 0.3) is 0 Å². The largest absolute Gasteiger partial charge is 0.497 e. The Labute approximate surface area is 131 Å². The zero-order valence-electron chi connectivity index (χ0n) is 12.8. The average molecular weight is 340 g/mol. The monoisotopic (exact) mass is 339 g/mol. The lowest BCUT2D eigenvalue weighted by Gasteiger charge is -2.26. The predicted octanol–water partition coefficient (Wildman–Crippen LogP) is 4.41. The van der Waals surface area contributed by atoms with Crippen LogP contribution >= 0.6 is 15.9 Å². The van der Waals surface area contributed by atoms with Gasteiger partial charge < -0.3 is 10.1 Å². The van der Waals surface area contributed by atoms with E-state index in [2.05, 4.69) is 47.2 Å². The first kappa shape index (κ1) is 15.8. The number of hydrogen-bond acceptors (Lipinski definition) is 2. The molecule has 0 radical (unpaired) electrons. The molecule has 0 spiro atoms. The van der Waals surface area contributed by atoms with E-state index in [4.69, 9.17) is 4.74 Å². The second kappa shape index (κ2) is 7.46. The first-order valence-corrected chi connectivity index (χ1v) is 8.50. The third kappa shape index (κ3) is 4.23. The molecule has 1 aliphatic carbocycles. The third-order valence-electron chi connectivity index (χ3n) is 4.35. The Kier molecular flexibility index (Phi) is 5.91. The van der Waals surface area contributed by atoms with Crippen molar-refractivity contribution in [1.82, 2.24) is 5.32 Å². The van der Waals surface area contributed by atoms with Crippen molar-refractivity contribution in [2.45, 2.75) is 45.6 Å². The lowest BCUT2D eigenvalue weighted by molar-refractivity contribution is 0.338. The van der Waals surface area contributed by atoms with Gasteiger partial charge in [-0.25, -0.2) is 0 Å². The molecule has 0 aliphatic heterocycles. The first-order valence-electron chi connectivity index (χ1n) is 7.71. The van der Waals surface area contributed by atoms with Gasteiger partial charge in [0, 0.05) is 10.5 Å². The lowest BCUT2D eigenvalue weighted by Crippen LogP contribution is -2.38. The number of ether oxygens (including phenoxy) is 1. The summed E-state index contributed by atoms with van der Waals surface area (Å²) in [6.45, 7) is 5.73. The Balaban J connectivity index is 2.09. The summed E-state index contributed by atoms with van der Waals surface area (Å²) in [5.41, 5.74) is 1.34. The molecule has 1 fully saturated rings. The second-order valence-corrected chi connectivity index (χ2v) is 6.77. The molecule has 1 aliphatic rings. The SMILES string of the molecule is CCCNC(Cc1cc(OC)ccc1Br)C(C)C1CC1. The fraction of sp³-hybridized carbons (Fsp3) is 0.647. The minimum Gasteiger partial charge on any atom is -0.497 e. The summed E-state index contributed by atoms with van der Waals surface area (Å²) in [6, 6.07) is 6.81. The van der Waals surface area contributed by atoms with Crippen LogP contribution in [0.2, 0.25) is 0 Å². The molecular formula is C17H26BrNO. The maximum absolute atomic E-state index is 5.35. The summed E-state index contributed by atoms with van der Waals surface area (Å²) in [5, 5.41) is 3.74. The van der Waals surface area contributed by atoms with Crippen LogP contribution < -0.4 is 10.1 Å². The number of methoxy groups -OCH3 is 1. The number of halogens is 1. The summed E-state index contributed by atoms with van der Waals surface area (Å²) in [5.74, 6) is 2.62. The van der Waals surface area contributed by atoms with E-state index in [1.807, 2.05) is 6.07 Å². The number of rotatable bonds is 8. The second-order valence-electron chi connectivity index (χ2n) is 5.92. The summed E-state index contributed by atoms with van der Waals surface area (Å²) in [6.07, 6.45) is 5.07. The molecule has 2 unspecified atom stereocenters. The third-order valence-corrected chi connectivity index (χ3v) is 5.12. The number of benzene rings is 1. The van der Waals surface area contributed by atoms with E-state index in [0.717, 1.165) is 30.6 Å². The molecule has 3 heteroatoms. The maximum Gasteiger partial charge on any atom is 0.119 e. The van der Waals surface area contributed by atoms with Gasteiger partial charge in [-0.3, -0.25) is 0 Å². The van der Waals surface area contributed by atoms with Crippen molar-refractivity contribution in [3.05, 3.63) is 28.2 Å². The van der Waals surface area contributed by atoms with Gasteiger partial charge in [-0.05, 0) is 67.8 Å². The van der Waals surface area contributed by atoms with E-state index < -0.39 is 0 Å². The van der Waals surface area contributed by atoms with Gasteiger partial charge in [0.2, 0.25) is 0 Å². The van der Waals surface area contributed by atoms with Crippen LogP contribution in [0, 0.1) is 11.8 Å². The van der Waals surface area contributed by atoms with Gasteiger partial charge in [-0.2, -0.15) is 0 Å². The van der Waals surface area contributed by atoms with Crippen LogP contribution in [0.5, 0.6) is 5.75 Å². The van der Waals surface area contributed by atoms with Gasteiger partial charge in [-0.1, -0.05) is 29.8 Å². The molecule has 1 N–H and O–H groups in total. The molecule has 1 aromatic rings. The zero-order valence-corrected chi connectivity index (χ0v) is 14.4. The van der Waals surface area contributed by atoms with Gasteiger partial charge in [0.25, 0.3) is 0 Å². The molecule has 2 nitrogen and oxygen atoms in total. The molecule has 1 saturated carbocycles. The van der Waals surface area contributed by atoms with Crippen molar-refractivity contribution in [3.8, 4) is 5.75 Å². The van der Waals surface area contributed by atoms with Crippen molar-refractivity contribution < 1.29 is 4.74 Å².